The summed E-state index contributed by atoms with van der Waals surface area (Å²) >= 11 is 1.28. The lowest BCUT2D eigenvalue weighted by Gasteiger charge is -1.98. The third-order valence-electron chi connectivity index (χ3n) is 2.90. The number of thiazole rings is 1. The van der Waals surface area contributed by atoms with Crippen molar-refractivity contribution in [2.75, 3.05) is 0 Å². The Kier molecular flexibility index (Phi) is 4.62. The van der Waals surface area contributed by atoms with Crippen LogP contribution in [0.1, 0.15) is 38.3 Å². The van der Waals surface area contributed by atoms with Gasteiger partial charge in [-0.25, -0.2) is 4.98 Å². The molecule has 0 aromatic carbocycles. The minimum Gasteiger partial charge on any atom is -0.261 e. The predicted molar refractivity (Wildman–Crippen MR) is 79.2 cm³/mol. The lowest BCUT2D eigenvalue weighted by molar-refractivity contribution is -0.386. The van der Waals surface area contributed by atoms with Crippen molar-refractivity contribution >= 4 is 28.1 Å². The summed E-state index contributed by atoms with van der Waals surface area (Å²) in [6.07, 6.45) is 9.01. The summed E-state index contributed by atoms with van der Waals surface area (Å²) in [6.45, 7) is 2.11. The van der Waals surface area contributed by atoms with Gasteiger partial charge in [-0.15, -0.1) is 11.3 Å². The highest BCUT2D eigenvalue weighted by molar-refractivity contribution is 7.15. The highest BCUT2D eigenvalue weighted by atomic mass is 32.1. The number of rotatable bonds is 6. The molecule has 0 unspecified atom stereocenters. The molecule has 0 saturated heterocycles. The van der Waals surface area contributed by atoms with Gasteiger partial charge >= 0.3 is 11.2 Å². The number of nitro groups is 1. The van der Waals surface area contributed by atoms with Crippen molar-refractivity contribution in [2.24, 2.45) is 0 Å². The summed E-state index contributed by atoms with van der Waals surface area (Å²) in [5.74, 6) is 0. The number of hydrogen-bond acceptors (Lipinski definition) is 5. The van der Waals surface area contributed by atoms with E-state index in [1.807, 2.05) is 6.08 Å². The fourth-order valence-corrected chi connectivity index (χ4v) is 2.59. The summed E-state index contributed by atoms with van der Waals surface area (Å²) < 4.78 is 1.21. The summed E-state index contributed by atoms with van der Waals surface area (Å²) in [4.78, 5) is 27.1. The van der Waals surface area contributed by atoms with Crippen LogP contribution in [0.25, 0.3) is 11.0 Å². The molecule has 0 spiro atoms. The molecule has 106 valence electrons. The van der Waals surface area contributed by atoms with Crippen LogP contribution >= 0.6 is 11.3 Å². The van der Waals surface area contributed by atoms with Gasteiger partial charge in [0.05, 0.1) is 4.92 Å². The first-order valence-corrected chi connectivity index (χ1v) is 7.34. The van der Waals surface area contributed by atoms with E-state index < -0.39 is 16.2 Å². The Hall–Kier alpha value is -2.02. The second kappa shape index (κ2) is 6.42. The lowest BCUT2D eigenvalue weighted by Crippen LogP contribution is -2.18. The van der Waals surface area contributed by atoms with E-state index in [1.54, 1.807) is 11.5 Å². The second-order valence-corrected chi connectivity index (χ2v) is 5.23. The smallest absolute Gasteiger partial charge is 0.261 e. The largest absolute Gasteiger partial charge is 0.359 e. The fraction of sp³-hybridized carbons (Fsp3) is 0.385. The number of fused-ring (bicyclic) bond motifs is 1. The lowest BCUT2D eigenvalue weighted by atomic mass is 10.2. The van der Waals surface area contributed by atoms with Gasteiger partial charge in [0.15, 0.2) is 4.96 Å². The molecule has 0 amide bonds. The third-order valence-corrected chi connectivity index (χ3v) is 3.66. The van der Waals surface area contributed by atoms with E-state index >= 15 is 0 Å². The van der Waals surface area contributed by atoms with Gasteiger partial charge in [-0.1, -0.05) is 25.8 Å². The molecule has 0 radical (unpaired) electrons. The van der Waals surface area contributed by atoms with Crippen molar-refractivity contribution in [3.8, 4) is 0 Å². The van der Waals surface area contributed by atoms with Crippen molar-refractivity contribution in [3.63, 3.8) is 0 Å². The minimum atomic E-state index is -0.662. The van der Waals surface area contributed by atoms with Crippen molar-refractivity contribution in [3.05, 3.63) is 43.8 Å². The van der Waals surface area contributed by atoms with Crippen molar-refractivity contribution in [2.45, 2.75) is 32.6 Å². The van der Waals surface area contributed by atoms with Crippen molar-refractivity contribution in [1.82, 2.24) is 9.38 Å². The minimum absolute atomic E-state index is 0.138. The van der Waals surface area contributed by atoms with Crippen LogP contribution in [0.15, 0.2) is 22.4 Å². The Morgan fingerprint density at radius 2 is 2.30 bits per heavy atom. The molecule has 0 saturated carbocycles. The van der Waals surface area contributed by atoms with Gasteiger partial charge in [0.1, 0.15) is 5.69 Å². The van der Waals surface area contributed by atoms with Crippen LogP contribution in [0.5, 0.6) is 0 Å². The van der Waals surface area contributed by atoms with E-state index in [-0.39, 0.29) is 5.69 Å². The van der Waals surface area contributed by atoms with Gasteiger partial charge in [-0.2, -0.15) is 0 Å². The maximum Gasteiger partial charge on any atom is 0.359 e. The fourth-order valence-electron chi connectivity index (χ4n) is 1.88. The Labute approximate surface area is 119 Å². The number of unbranched alkanes of at least 4 members (excludes halogenated alkanes) is 3. The van der Waals surface area contributed by atoms with Crippen molar-refractivity contribution < 1.29 is 4.92 Å². The summed E-state index contributed by atoms with van der Waals surface area (Å²) in [5, 5.41) is 12.7. The van der Waals surface area contributed by atoms with Crippen LogP contribution in [-0.2, 0) is 0 Å². The molecule has 0 aliphatic rings. The average molecular weight is 293 g/mol. The molecule has 2 aromatic heterocycles. The summed E-state index contributed by atoms with van der Waals surface area (Å²) in [7, 11) is 0. The van der Waals surface area contributed by atoms with E-state index in [0.29, 0.717) is 4.96 Å². The molecule has 6 nitrogen and oxygen atoms in total. The SMILES string of the molecule is CCCCC/C=C/c1nc2sccn2c(=O)c1[N+](=O)[O-]. The maximum atomic E-state index is 12.0. The first kappa shape index (κ1) is 14.4. The zero-order valence-corrected chi connectivity index (χ0v) is 11.9. The van der Waals surface area contributed by atoms with Gasteiger partial charge in [-0.05, 0) is 18.9 Å². The molecule has 2 aromatic rings. The Bertz CT molecular complexity index is 702. The normalized spacial score (nSPS) is 11.4. The van der Waals surface area contributed by atoms with Gasteiger partial charge < -0.3 is 0 Å². The topological polar surface area (TPSA) is 77.5 Å². The van der Waals surface area contributed by atoms with Gasteiger partial charge in [0.25, 0.3) is 0 Å². The monoisotopic (exact) mass is 293 g/mol. The molecule has 0 fully saturated rings. The Morgan fingerprint density at radius 3 is 3.00 bits per heavy atom. The van der Waals surface area contributed by atoms with Crippen LogP contribution in [-0.4, -0.2) is 14.3 Å². The molecule has 20 heavy (non-hydrogen) atoms. The zero-order valence-electron chi connectivity index (χ0n) is 11.1. The second-order valence-electron chi connectivity index (χ2n) is 4.36. The number of aromatic nitrogens is 2. The highest BCUT2D eigenvalue weighted by Gasteiger charge is 2.21. The first-order chi connectivity index (χ1) is 9.65. The van der Waals surface area contributed by atoms with Crippen LogP contribution in [0.2, 0.25) is 0 Å². The van der Waals surface area contributed by atoms with E-state index in [2.05, 4.69) is 11.9 Å². The van der Waals surface area contributed by atoms with Crippen LogP contribution in [0.3, 0.4) is 0 Å². The molecule has 7 heteroatoms. The van der Waals surface area contributed by atoms with E-state index in [1.165, 1.54) is 21.9 Å². The van der Waals surface area contributed by atoms with Gasteiger partial charge in [0, 0.05) is 11.6 Å². The average Bonchev–Trinajstić information content (AvgIpc) is 2.86. The molecule has 0 atom stereocenters. The zero-order chi connectivity index (χ0) is 14.5. The van der Waals surface area contributed by atoms with Crippen LogP contribution < -0.4 is 5.56 Å². The third kappa shape index (κ3) is 2.93. The molecule has 2 heterocycles. The molecule has 0 N–H and O–H groups in total. The summed E-state index contributed by atoms with van der Waals surface area (Å²) in [6, 6.07) is 0. The maximum absolute atomic E-state index is 12.0. The standard InChI is InChI=1S/C13H15N3O3S/c1-2-3-4-5-6-7-10-11(16(18)19)12(17)15-8-9-20-13(15)14-10/h6-9H,2-5H2,1H3/b7-6+. The first-order valence-electron chi connectivity index (χ1n) is 6.46. The summed E-state index contributed by atoms with van der Waals surface area (Å²) in [5.41, 5.74) is -0.957. The Balaban J connectivity index is 2.38. The number of allylic oxidation sites excluding steroid dienone is 1. The predicted octanol–water partition coefficient (Wildman–Crippen LogP) is 3.26. The molecule has 2 rings (SSSR count). The molecule has 0 aliphatic heterocycles. The number of hydrogen-bond donors (Lipinski definition) is 0. The van der Waals surface area contributed by atoms with Gasteiger partial charge in [-0.3, -0.25) is 19.3 Å². The van der Waals surface area contributed by atoms with Crippen LogP contribution in [0, 0.1) is 10.1 Å². The quantitative estimate of drug-likeness (QED) is 0.465. The van der Waals surface area contributed by atoms with Crippen LogP contribution in [0.4, 0.5) is 5.69 Å². The molecular weight excluding hydrogens is 278 g/mol. The van der Waals surface area contributed by atoms with Crippen molar-refractivity contribution in [1.29, 1.82) is 0 Å². The number of nitrogens with zero attached hydrogens (tertiary/aromatic N) is 3. The van der Waals surface area contributed by atoms with E-state index in [4.69, 9.17) is 0 Å². The molecule has 0 aliphatic carbocycles. The van der Waals surface area contributed by atoms with Gasteiger partial charge in [0.2, 0.25) is 0 Å². The van der Waals surface area contributed by atoms with E-state index in [9.17, 15) is 14.9 Å². The van der Waals surface area contributed by atoms with E-state index in [0.717, 1.165) is 25.7 Å². The molecular formula is C13H15N3O3S. The Morgan fingerprint density at radius 1 is 1.50 bits per heavy atom. The highest BCUT2D eigenvalue weighted by Crippen LogP contribution is 2.17. The molecule has 0 bridgehead atoms.